The van der Waals surface area contributed by atoms with Gasteiger partial charge in [-0.2, -0.15) is 0 Å². The monoisotopic (exact) mass is 206 g/mol. The fourth-order valence-corrected chi connectivity index (χ4v) is 0.548. The summed E-state index contributed by atoms with van der Waals surface area (Å²) < 4.78 is 4.31. The van der Waals surface area contributed by atoms with Crippen LogP contribution >= 0.6 is 16.3 Å². The fraction of sp³-hybridized carbons (Fsp3) is 0.571. The number of carbonyl (C=O) groups excluding carboxylic acids is 1. The molecule has 0 aliphatic carbocycles. The molecular weight excluding hydrogens is 196 g/mol. The van der Waals surface area contributed by atoms with Crippen molar-refractivity contribution in [3.63, 3.8) is 0 Å². The summed E-state index contributed by atoms with van der Waals surface area (Å²) in [5.41, 5.74) is 0.245. The molecule has 2 nitrogen and oxygen atoms in total. The Kier molecular flexibility index (Phi) is 3.09. The van der Waals surface area contributed by atoms with Gasteiger partial charge in [-0.25, -0.2) is 4.79 Å². The Balaban J connectivity index is 4.24. The van der Waals surface area contributed by atoms with Crippen LogP contribution in [0.1, 0.15) is 20.8 Å². The minimum atomic E-state index is -0.410. The molecule has 0 rings (SSSR count). The van der Waals surface area contributed by atoms with E-state index in [0.717, 1.165) is 0 Å². The molecule has 0 aliphatic rings. The Morgan fingerprint density at radius 1 is 1.50 bits per heavy atom. The summed E-state index contributed by atoms with van der Waals surface area (Å²) in [4.78, 5) is 10.8. The minimum absolute atomic E-state index is 0.217. The minimum Gasteiger partial charge on any atom is -0.380 e. The highest BCUT2D eigenvalue weighted by atomic mass is 79.9. The number of rotatable bonds is 1. The van der Waals surface area contributed by atoms with Gasteiger partial charge in [-0.1, -0.05) is 27.4 Å². The van der Waals surface area contributed by atoms with E-state index in [4.69, 9.17) is 0 Å². The maximum Gasteiger partial charge on any atom is 0.345 e. The summed E-state index contributed by atoms with van der Waals surface area (Å²) >= 11 is 2.60. The largest absolute Gasteiger partial charge is 0.380 e. The highest BCUT2D eigenvalue weighted by molar-refractivity contribution is 9.06. The molecule has 0 radical (unpaired) electrons. The summed E-state index contributed by atoms with van der Waals surface area (Å²) in [5, 5.41) is 0. The molecule has 0 amide bonds. The second kappa shape index (κ2) is 3.19. The second-order valence-electron chi connectivity index (χ2n) is 3.09. The van der Waals surface area contributed by atoms with Gasteiger partial charge < -0.3 is 3.83 Å². The predicted octanol–water partition coefficient (Wildman–Crippen LogP) is 2.44. The van der Waals surface area contributed by atoms with E-state index in [1.54, 1.807) is 0 Å². The first-order valence-corrected chi connectivity index (χ1v) is 3.56. The smallest absolute Gasteiger partial charge is 0.345 e. The highest BCUT2D eigenvalue weighted by Crippen LogP contribution is 2.24. The number of hydrogen-bond donors (Lipinski definition) is 0. The first kappa shape index (κ1) is 9.69. The molecule has 0 unspecified atom stereocenters. The van der Waals surface area contributed by atoms with Crippen LogP contribution in [-0.2, 0) is 8.62 Å². The zero-order valence-electron chi connectivity index (χ0n) is 6.40. The van der Waals surface area contributed by atoms with Crippen LogP contribution in [0.25, 0.3) is 0 Å². The lowest BCUT2D eigenvalue weighted by Crippen LogP contribution is -2.16. The predicted molar refractivity (Wildman–Crippen MR) is 43.6 cm³/mol. The molecule has 58 valence electrons. The molecule has 0 aromatic rings. The van der Waals surface area contributed by atoms with Crippen LogP contribution in [0.15, 0.2) is 12.2 Å². The van der Waals surface area contributed by atoms with Gasteiger partial charge >= 0.3 is 5.97 Å². The Morgan fingerprint density at radius 2 is 1.90 bits per heavy atom. The van der Waals surface area contributed by atoms with Crippen molar-refractivity contribution in [2.24, 2.45) is 5.41 Å². The SMILES string of the molecule is C=C(C(=O)OBr)C(C)(C)C. The molecule has 0 atom stereocenters. The zero-order chi connectivity index (χ0) is 8.36. The molecule has 0 heterocycles. The molecule has 10 heavy (non-hydrogen) atoms. The van der Waals surface area contributed by atoms with Crippen LogP contribution in [0, 0.1) is 5.41 Å². The summed E-state index contributed by atoms with van der Waals surface area (Å²) in [7, 11) is 0. The molecule has 0 aliphatic heterocycles. The summed E-state index contributed by atoms with van der Waals surface area (Å²) in [6.45, 7) is 9.30. The van der Waals surface area contributed by atoms with Gasteiger partial charge in [-0.05, 0) is 5.41 Å². The van der Waals surface area contributed by atoms with Crippen molar-refractivity contribution in [1.82, 2.24) is 0 Å². The van der Waals surface area contributed by atoms with Crippen molar-refractivity contribution in [1.29, 1.82) is 0 Å². The maximum absolute atomic E-state index is 10.8. The van der Waals surface area contributed by atoms with E-state index in [9.17, 15) is 4.79 Å². The molecule has 0 spiro atoms. The number of hydrogen-bond acceptors (Lipinski definition) is 2. The third kappa shape index (κ3) is 2.52. The summed E-state index contributed by atoms with van der Waals surface area (Å²) in [5.74, 6) is -0.410. The van der Waals surface area contributed by atoms with Crippen LogP contribution < -0.4 is 0 Å². The van der Waals surface area contributed by atoms with E-state index in [0.29, 0.717) is 5.57 Å². The second-order valence-corrected chi connectivity index (χ2v) is 3.42. The molecule has 0 fully saturated rings. The molecule has 3 heteroatoms. The summed E-state index contributed by atoms with van der Waals surface area (Å²) in [6.07, 6.45) is 0. The van der Waals surface area contributed by atoms with E-state index >= 15 is 0 Å². The van der Waals surface area contributed by atoms with Crippen molar-refractivity contribution in [2.75, 3.05) is 0 Å². The van der Waals surface area contributed by atoms with Crippen molar-refractivity contribution in [3.8, 4) is 0 Å². The van der Waals surface area contributed by atoms with Crippen LogP contribution in [0.2, 0.25) is 0 Å². The van der Waals surface area contributed by atoms with E-state index in [1.807, 2.05) is 20.8 Å². The molecular formula is C7H11BrO2. The van der Waals surface area contributed by atoms with Crippen molar-refractivity contribution in [2.45, 2.75) is 20.8 Å². The quantitative estimate of drug-likeness (QED) is 0.617. The Morgan fingerprint density at radius 3 is 2.00 bits per heavy atom. The van der Waals surface area contributed by atoms with Crippen LogP contribution in [0.4, 0.5) is 0 Å². The van der Waals surface area contributed by atoms with Gasteiger partial charge in [0.2, 0.25) is 0 Å². The van der Waals surface area contributed by atoms with Gasteiger partial charge in [0.05, 0.1) is 0 Å². The average molecular weight is 207 g/mol. The molecule has 0 N–H and O–H groups in total. The fourth-order valence-electron chi connectivity index (χ4n) is 0.353. The van der Waals surface area contributed by atoms with Crippen molar-refractivity contribution < 1.29 is 8.62 Å². The van der Waals surface area contributed by atoms with E-state index in [2.05, 4.69) is 26.7 Å². The lowest BCUT2D eigenvalue weighted by atomic mass is 9.88. The highest BCUT2D eigenvalue weighted by Gasteiger charge is 2.22. The van der Waals surface area contributed by atoms with Gasteiger partial charge in [0.1, 0.15) is 0 Å². The third-order valence-electron chi connectivity index (χ3n) is 1.22. The Hall–Kier alpha value is -0.310. The first-order valence-electron chi connectivity index (χ1n) is 2.92. The third-order valence-corrected chi connectivity index (χ3v) is 1.52. The standard InChI is InChI=1S/C7H11BrO2/c1-5(6(9)10-8)7(2,3)4/h1H2,2-4H3. The van der Waals surface area contributed by atoms with Crippen molar-refractivity contribution >= 4 is 22.2 Å². The maximum atomic E-state index is 10.8. The number of carbonyl (C=O) groups is 1. The first-order chi connectivity index (χ1) is 4.39. The summed E-state index contributed by atoms with van der Waals surface area (Å²) in [6, 6.07) is 0. The van der Waals surface area contributed by atoms with Crippen LogP contribution in [0.3, 0.4) is 0 Å². The van der Waals surface area contributed by atoms with Gasteiger partial charge in [-0.3, -0.25) is 0 Å². The molecule has 0 saturated carbocycles. The Bertz CT molecular complexity index is 155. The van der Waals surface area contributed by atoms with Crippen molar-refractivity contribution in [3.05, 3.63) is 12.2 Å². The van der Waals surface area contributed by atoms with Gasteiger partial charge in [-0.15, -0.1) is 0 Å². The van der Waals surface area contributed by atoms with Gasteiger partial charge in [0, 0.05) is 5.57 Å². The number of halogens is 1. The lowest BCUT2D eigenvalue weighted by molar-refractivity contribution is -0.129. The Labute approximate surface area is 69.7 Å². The van der Waals surface area contributed by atoms with E-state index < -0.39 is 5.97 Å². The van der Waals surface area contributed by atoms with Crippen LogP contribution in [-0.4, -0.2) is 5.97 Å². The zero-order valence-corrected chi connectivity index (χ0v) is 7.99. The topological polar surface area (TPSA) is 26.3 Å². The van der Waals surface area contributed by atoms with Gasteiger partial charge in [0.15, 0.2) is 16.3 Å². The van der Waals surface area contributed by atoms with Crippen LogP contribution in [0.5, 0.6) is 0 Å². The average Bonchev–Trinajstić information content (AvgIpc) is 1.83. The van der Waals surface area contributed by atoms with E-state index in [-0.39, 0.29) is 5.41 Å². The normalized spacial score (nSPS) is 10.8. The molecule has 0 aromatic carbocycles. The lowest BCUT2D eigenvalue weighted by Gasteiger charge is -2.18. The van der Waals surface area contributed by atoms with Gasteiger partial charge in [0.25, 0.3) is 0 Å². The molecule has 0 bridgehead atoms. The molecule has 0 saturated heterocycles. The van der Waals surface area contributed by atoms with E-state index in [1.165, 1.54) is 0 Å². The molecule has 0 aromatic heterocycles.